The minimum absolute atomic E-state index is 0.0162. The Kier molecular flexibility index (Phi) is 4.50. The average Bonchev–Trinajstić information content (AvgIpc) is 2.82. The van der Waals surface area contributed by atoms with E-state index < -0.39 is 0 Å². The Morgan fingerprint density at radius 3 is 2.74 bits per heavy atom. The lowest BCUT2D eigenvalue weighted by Gasteiger charge is -2.32. The minimum Gasteiger partial charge on any atom is -0.353 e. The highest BCUT2D eigenvalue weighted by molar-refractivity contribution is 6.39. The molecule has 2 amide bonds. The first kappa shape index (κ1) is 15.8. The van der Waals surface area contributed by atoms with Crippen LogP contribution in [-0.2, 0) is 16.6 Å². The number of carbonyl (C=O) groups excluding carboxylic acids is 2. The van der Waals surface area contributed by atoms with Gasteiger partial charge in [-0.05, 0) is 25.0 Å². The van der Waals surface area contributed by atoms with Crippen molar-refractivity contribution in [2.75, 3.05) is 13.6 Å². The van der Waals surface area contributed by atoms with Crippen molar-refractivity contribution in [3.8, 4) is 0 Å². The quantitative estimate of drug-likeness (QED) is 0.839. The standard InChI is InChI=1S/C17H24N4O2/c1-19-11-6-8-14(19)15-7-4-3-5-12-21(15)17(23)13-9-10-16(22)20(2)18-13/h6,8,11,15H,3-5,7,9-10,12H2,1-2H3. The van der Waals surface area contributed by atoms with Gasteiger partial charge >= 0.3 is 0 Å². The van der Waals surface area contributed by atoms with Crippen LogP contribution in [0.1, 0.15) is 50.3 Å². The van der Waals surface area contributed by atoms with Crippen LogP contribution in [0.4, 0.5) is 0 Å². The van der Waals surface area contributed by atoms with E-state index >= 15 is 0 Å². The molecular formula is C17H24N4O2. The van der Waals surface area contributed by atoms with E-state index in [1.807, 2.05) is 24.2 Å². The van der Waals surface area contributed by atoms with Crippen LogP contribution in [0.3, 0.4) is 0 Å². The second-order valence-corrected chi connectivity index (χ2v) is 6.37. The molecule has 23 heavy (non-hydrogen) atoms. The lowest BCUT2D eigenvalue weighted by molar-refractivity contribution is -0.131. The molecule has 6 heteroatoms. The fourth-order valence-electron chi connectivity index (χ4n) is 3.47. The smallest absolute Gasteiger partial charge is 0.270 e. The van der Waals surface area contributed by atoms with Crippen molar-refractivity contribution in [2.45, 2.75) is 44.6 Å². The monoisotopic (exact) mass is 316 g/mol. The van der Waals surface area contributed by atoms with Crippen molar-refractivity contribution in [3.63, 3.8) is 0 Å². The molecule has 1 saturated heterocycles. The highest BCUT2D eigenvalue weighted by atomic mass is 16.2. The van der Waals surface area contributed by atoms with Crippen molar-refractivity contribution in [3.05, 3.63) is 24.0 Å². The van der Waals surface area contributed by atoms with Gasteiger partial charge in [0.2, 0.25) is 5.91 Å². The number of likely N-dealkylation sites (tertiary alicyclic amines) is 1. The molecule has 0 spiro atoms. The van der Waals surface area contributed by atoms with Gasteiger partial charge in [-0.25, -0.2) is 5.01 Å². The van der Waals surface area contributed by atoms with E-state index in [-0.39, 0.29) is 17.9 Å². The largest absolute Gasteiger partial charge is 0.353 e. The number of hydrogen-bond donors (Lipinski definition) is 0. The molecule has 3 heterocycles. The Morgan fingerprint density at radius 2 is 2.04 bits per heavy atom. The summed E-state index contributed by atoms with van der Waals surface area (Å²) in [5.74, 6) is -0.0474. The normalized spacial score (nSPS) is 22.8. The number of amides is 2. The molecule has 1 atom stereocenters. The Balaban J connectivity index is 1.88. The number of aromatic nitrogens is 1. The molecule has 2 aliphatic heterocycles. The van der Waals surface area contributed by atoms with Crippen LogP contribution in [0.2, 0.25) is 0 Å². The van der Waals surface area contributed by atoms with Crippen LogP contribution in [0.25, 0.3) is 0 Å². The molecule has 0 bridgehead atoms. The van der Waals surface area contributed by atoms with Crippen molar-refractivity contribution in [1.29, 1.82) is 0 Å². The zero-order chi connectivity index (χ0) is 16.4. The summed E-state index contributed by atoms with van der Waals surface area (Å²) in [5, 5.41) is 5.51. The lowest BCUT2D eigenvalue weighted by Crippen LogP contribution is -2.42. The lowest BCUT2D eigenvalue weighted by atomic mass is 10.0. The Labute approximate surface area is 136 Å². The first-order chi connectivity index (χ1) is 11.1. The molecule has 6 nitrogen and oxygen atoms in total. The van der Waals surface area contributed by atoms with E-state index in [0.717, 1.165) is 32.2 Å². The molecule has 1 fully saturated rings. The zero-order valence-electron chi connectivity index (χ0n) is 13.9. The number of hydrazone groups is 1. The third-order valence-electron chi connectivity index (χ3n) is 4.79. The van der Waals surface area contributed by atoms with Gasteiger partial charge in [0.15, 0.2) is 0 Å². The summed E-state index contributed by atoms with van der Waals surface area (Å²) in [6.45, 7) is 0.755. The third kappa shape index (κ3) is 3.16. The van der Waals surface area contributed by atoms with E-state index in [9.17, 15) is 9.59 Å². The van der Waals surface area contributed by atoms with Crippen LogP contribution in [0.15, 0.2) is 23.4 Å². The Hall–Kier alpha value is -2.11. The van der Waals surface area contributed by atoms with Crippen LogP contribution in [0, 0.1) is 0 Å². The Bertz CT molecular complexity index is 634. The van der Waals surface area contributed by atoms with Crippen molar-refractivity contribution < 1.29 is 9.59 Å². The van der Waals surface area contributed by atoms with E-state index in [4.69, 9.17) is 0 Å². The fraction of sp³-hybridized carbons (Fsp3) is 0.588. The van der Waals surface area contributed by atoms with Crippen molar-refractivity contribution in [1.82, 2.24) is 14.5 Å². The predicted molar refractivity (Wildman–Crippen MR) is 87.8 cm³/mol. The molecule has 124 valence electrons. The SMILES string of the molecule is CN1N=C(C(=O)N2CCCCCC2c2cccn2C)CCC1=O. The Morgan fingerprint density at radius 1 is 1.22 bits per heavy atom. The molecule has 0 aromatic carbocycles. The summed E-state index contributed by atoms with van der Waals surface area (Å²) < 4.78 is 2.09. The van der Waals surface area contributed by atoms with E-state index in [2.05, 4.69) is 15.7 Å². The first-order valence-corrected chi connectivity index (χ1v) is 8.34. The van der Waals surface area contributed by atoms with Gasteiger partial charge < -0.3 is 9.47 Å². The molecule has 1 unspecified atom stereocenters. The summed E-state index contributed by atoms with van der Waals surface area (Å²) in [6, 6.07) is 4.21. The maximum atomic E-state index is 13.0. The first-order valence-electron chi connectivity index (χ1n) is 8.34. The molecule has 3 rings (SSSR count). The van der Waals surface area contributed by atoms with Gasteiger partial charge in [-0.15, -0.1) is 0 Å². The fourth-order valence-corrected chi connectivity index (χ4v) is 3.47. The molecule has 0 N–H and O–H groups in total. The highest BCUT2D eigenvalue weighted by Gasteiger charge is 2.32. The number of hydrogen-bond acceptors (Lipinski definition) is 3. The number of aryl methyl sites for hydroxylation is 1. The van der Waals surface area contributed by atoms with E-state index in [1.54, 1.807) is 7.05 Å². The minimum atomic E-state index is -0.0311. The van der Waals surface area contributed by atoms with Gasteiger partial charge in [-0.3, -0.25) is 9.59 Å². The van der Waals surface area contributed by atoms with Gasteiger partial charge in [0.05, 0.1) is 6.04 Å². The van der Waals surface area contributed by atoms with Gasteiger partial charge in [0.1, 0.15) is 5.71 Å². The molecular weight excluding hydrogens is 292 g/mol. The van der Waals surface area contributed by atoms with Gasteiger partial charge in [0, 0.05) is 45.4 Å². The van der Waals surface area contributed by atoms with Gasteiger partial charge in [0.25, 0.3) is 5.91 Å². The summed E-state index contributed by atoms with van der Waals surface area (Å²) in [5.41, 5.74) is 1.68. The summed E-state index contributed by atoms with van der Waals surface area (Å²) in [7, 11) is 3.64. The second-order valence-electron chi connectivity index (χ2n) is 6.37. The van der Waals surface area contributed by atoms with Gasteiger partial charge in [-0.2, -0.15) is 5.10 Å². The molecule has 1 aromatic heterocycles. The number of nitrogens with zero attached hydrogens (tertiary/aromatic N) is 4. The molecule has 0 aliphatic carbocycles. The maximum Gasteiger partial charge on any atom is 0.270 e. The van der Waals surface area contributed by atoms with E-state index in [0.29, 0.717) is 18.6 Å². The van der Waals surface area contributed by atoms with Crippen molar-refractivity contribution in [2.24, 2.45) is 12.1 Å². The topological polar surface area (TPSA) is 57.9 Å². The van der Waals surface area contributed by atoms with Crippen molar-refractivity contribution >= 4 is 17.5 Å². The summed E-state index contributed by atoms with van der Waals surface area (Å²) in [6.07, 6.45) is 7.11. The molecule has 0 radical (unpaired) electrons. The molecule has 2 aliphatic rings. The van der Waals surface area contributed by atoms with E-state index in [1.165, 1.54) is 10.7 Å². The van der Waals surface area contributed by atoms with Crippen LogP contribution in [-0.4, -0.2) is 45.6 Å². The maximum absolute atomic E-state index is 13.0. The number of rotatable bonds is 2. The van der Waals surface area contributed by atoms with Crippen LogP contribution < -0.4 is 0 Å². The van der Waals surface area contributed by atoms with Crippen LogP contribution >= 0.6 is 0 Å². The molecule has 1 aromatic rings. The number of carbonyl (C=O) groups is 2. The predicted octanol–water partition coefficient (Wildman–Crippen LogP) is 2.08. The average molecular weight is 316 g/mol. The van der Waals surface area contributed by atoms with Crippen LogP contribution in [0.5, 0.6) is 0 Å². The third-order valence-corrected chi connectivity index (χ3v) is 4.79. The molecule has 0 saturated carbocycles. The zero-order valence-corrected chi connectivity index (χ0v) is 13.9. The highest BCUT2D eigenvalue weighted by Crippen LogP contribution is 2.31. The second kappa shape index (κ2) is 6.56. The summed E-state index contributed by atoms with van der Waals surface area (Å²) >= 11 is 0. The van der Waals surface area contributed by atoms with Gasteiger partial charge in [-0.1, -0.05) is 12.8 Å². The summed E-state index contributed by atoms with van der Waals surface area (Å²) in [4.78, 5) is 26.6.